The van der Waals surface area contributed by atoms with Gasteiger partial charge in [-0.1, -0.05) is 30.3 Å². The average molecular weight is 270 g/mol. The molecular formula is C13H19O4P. The van der Waals surface area contributed by atoms with E-state index in [0.29, 0.717) is 0 Å². The Hall–Kier alpha value is -0.670. The second-order valence-corrected chi connectivity index (χ2v) is 6.93. The van der Waals surface area contributed by atoms with E-state index in [9.17, 15) is 4.57 Å². The minimum absolute atomic E-state index is 0.213. The van der Waals surface area contributed by atoms with Crippen molar-refractivity contribution in [1.29, 1.82) is 0 Å². The Labute approximate surface area is 108 Å². The van der Waals surface area contributed by atoms with E-state index in [4.69, 9.17) is 13.6 Å². The van der Waals surface area contributed by atoms with Crippen LogP contribution in [0.4, 0.5) is 0 Å². The first-order chi connectivity index (χ1) is 8.24. The normalized spacial score (nSPS) is 24.0. The summed E-state index contributed by atoms with van der Waals surface area (Å²) in [6.45, 7) is 7.60. The zero-order valence-corrected chi connectivity index (χ0v) is 12.1. The van der Waals surface area contributed by atoms with E-state index in [2.05, 4.69) is 0 Å². The summed E-state index contributed by atoms with van der Waals surface area (Å²) in [6, 6.07) is 9.52. The van der Waals surface area contributed by atoms with Gasteiger partial charge in [0.25, 0.3) is 0 Å². The number of benzene rings is 1. The van der Waals surface area contributed by atoms with Gasteiger partial charge in [-0.3, -0.25) is 13.6 Å². The monoisotopic (exact) mass is 270 g/mol. The number of phosphoric ester groups is 1. The molecular weight excluding hydrogens is 251 g/mol. The van der Waals surface area contributed by atoms with Crippen molar-refractivity contribution in [3.8, 4) is 0 Å². The molecule has 18 heavy (non-hydrogen) atoms. The highest BCUT2D eigenvalue weighted by atomic mass is 31.2. The maximum Gasteiger partial charge on any atom is 0.476 e. The molecule has 0 atom stereocenters. The molecule has 1 aromatic rings. The Morgan fingerprint density at radius 2 is 1.56 bits per heavy atom. The summed E-state index contributed by atoms with van der Waals surface area (Å²) in [7, 11) is -3.48. The van der Waals surface area contributed by atoms with E-state index in [1.165, 1.54) is 0 Å². The SMILES string of the molecule is CC1(C)OP(=O)(OCc2ccccc2)OC1(C)C. The molecule has 1 saturated heterocycles. The minimum Gasteiger partial charge on any atom is -0.282 e. The first kappa shape index (κ1) is 13.8. The molecule has 0 saturated carbocycles. The number of phosphoric acid groups is 1. The van der Waals surface area contributed by atoms with Crippen LogP contribution >= 0.6 is 7.82 Å². The van der Waals surface area contributed by atoms with E-state index in [1.807, 2.05) is 58.0 Å². The van der Waals surface area contributed by atoms with Crippen LogP contribution in [0.25, 0.3) is 0 Å². The van der Waals surface area contributed by atoms with E-state index >= 15 is 0 Å². The summed E-state index contributed by atoms with van der Waals surface area (Å²) in [4.78, 5) is 0. The Balaban J connectivity index is 2.05. The molecule has 0 amide bonds. The Morgan fingerprint density at radius 1 is 1.06 bits per heavy atom. The summed E-state index contributed by atoms with van der Waals surface area (Å²) >= 11 is 0. The lowest BCUT2D eigenvalue weighted by Crippen LogP contribution is -2.41. The van der Waals surface area contributed by atoms with E-state index in [-0.39, 0.29) is 6.61 Å². The molecule has 1 aliphatic heterocycles. The smallest absolute Gasteiger partial charge is 0.282 e. The second-order valence-electron chi connectivity index (χ2n) is 5.41. The van der Waals surface area contributed by atoms with Crippen molar-refractivity contribution in [3.63, 3.8) is 0 Å². The largest absolute Gasteiger partial charge is 0.476 e. The fourth-order valence-electron chi connectivity index (χ4n) is 1.58. The van der Waals surface area contributed by atoms with Gasteiger partial charge in [0.15, 0.2) is 0 Å². The Bertz CT molecular complexity index is 447. The highest BCUT2D eigenvalue weighted by Gasteiger charge is 2.56. The van der Waals surface area contributed by atoms with Gasteiger partial charge >= 0.3 is 7.82 Å². The molecule has 2 rings (SSSR count). The van der Waals surface area contributed by atoms with Gasteiger partial charge in [-0.2, -0.15) is 0 Å². The van der Waals surface area contributed by atoms with Gasteiger partial charge in [0.05, 0.1) is 6.61 Å². The van der Waals surface area contributed by atoms with Crippen LogP contribution in [0.2, 0.25) is 0 Å². The number of hydrogen-bond donors (Lipinski definition) is 0. The lowest BCUT2D eigenvalue weighted by Gasteiger charge is -2.28. The van der Waals surface area contributed by atoms with Crippen molar-refractivity contribution >= 4 is 7.82 Å². The fraction of sp³-hybridized carbons (Fsp3) is 0.538. The lowest BCUT2D eigenvalue weighted by molar-refractivity contribution is 0.00578. The molecule has 5 heteroatoms. The molecule has 0 aliphatic carbocycles. The highest BCUT2D eigenvalue weighted by Crippen LogP contribution is 2.64. The molecule has 1 fully saturated rings. The summed E-state index contributed by atoms with van der Waals surface area (Å²) < 4.78 is 28.7. The molecule has 0 bridgehead atoms. The van der Waals surface area contributed by atoms with Gasteiger partial charge in [-0.25, -0.2) is 4.57 Å². The van der Waals surface area contributed by atoms with Crippen LogP contribution in [0, 0.1) is 0 Å². The summed E-state index contributed by atoms with van der Waals surface area (Å²) in [5.41, 5.74) is -0.347. The van der Waals surface area contributed by atoms with Crippen molar-refractivity contribution in [2.24, 2.45) is 0 Å². The zero-order valence-electron chi connectivity index (χ0n) is 11.2. The molecule has 100 valence electrons. The summed E-state index contributed by atoms with van der Waals surface area (Å²) in [5, 5.41) is 0. The van der Waals surface area contributed by atoms with Gasteiger partial charge in [-0.15, -0.1) is 0 Å². The Kier molecular flexibility index (Phi) is 3.41. The maximum atomic E-state index is 12.4. The predicted molar refractivity (Wildman–Crippen MR) is 69.2 cm³/mol. The van der Waals surface area contributed by atoms with Crippen LogP contribution in [-0.2, 0) is 24.7 Å². The quantitative estimate of drug-likeness (QED) is 0.781. The second kappa shape index (κ2) is 4.46. The van der Waals surface area contributed by atoms with Gasteiger partial charge < -0.3 is 0 Å². The average Bonchev–Trinajstić information content (AvgIpc) is 2.42. The fourth-order valence-corrected chi connectivity index (χ4v) is 3.59. The molecule has 1 heterocycles. The molecule has 0 radical (unpaired) electrons. The van der Waals surface area contributed by atoms with Crippen molar-refractivity contribution < 1.29 is 18.1 Å². The molecule has 0 N–H and O–H groups in total. The van der Waals surface area contributed by atoms with E-state index in [1.54, 1.807) is 0 Å². The first-order valence-electron chi connectivity index (χ1n) is 5.94. The van der Waals surface area contributed by atoms with Crippen LogP contribution in [0.15, 0.2) is 30.3 Å². The van der Waals surface area contributed by atoms with Gasteiger partial charge in [0.2, 0.25) is 0 Å². The van der Waals surface area contributed by atoms with Crippen LogP contribution in [0.5, 0.6) is 0 Å². The minimum atomic E-state index is -3.48. The number of rotatable bonds is 3. The first-order valence-corrected chi connectivity index (χ1v) is 7.40. The summed E-state index contributed by atoms with van der Waals surface area (Å²) in [6.07, 6.45) is 0. The summed E-state index contributed by atoms with van der Waals surface area (Å²) in [5.74, 6) is 0. The topological polar surface area (TPSA) is 44.8 Å². The van der Waals surface area contributed by atoms with E-state index < -0.39 is 19.0 Å². The Morgan fingerprint density at radius 3 is 2.06 bits per heavy atom. The van der Waals surface area contributed by atoms with Crippen molar-refractivity contribution in [2.45, 2.75) is 45.5 Å². The standard InChI is InChI=1S/C13H19O4P/c1-12(2)13(3,4)17-18(14,16-12)15-10-11-8-6-5-7-9-11/h5-9H,10H2,1-4H3. The number of hydrogen-bond acceptors (Lipinski definition) is 4. The molecule has 1 aliphatic rings. The van der Waals surface area contributed by atoms with Crippen molar-refractivity contribution in [1.82, 2.24) is 0 Å². The van der Waals surface area contributed by atoms with E-state index in [0.717, 1.165) is 5.56 Å². The predicted octanol–water partition coefficient (Wildman–Crippen LogP) is 3.92. The third kappa shape index (κ3) is 2.67. The molecule has 0 unspecified atom stereocenters. The van der Waals surface area contributed by atoms with Crippen LogP contribution in [0.1, 0.15) is 33.3 Å². The lowest BCUT2D eigenvalue weighted by atomic mass is 9.90. The van der Waals surface area contributed by atoms with Crippen LogP contribution in [0.3, 0.4) is 0 Å². The van der Waals surface area contributed by atoms with Crippen molar-refractivity contribution in [2.75, 3.05) is 0 Å². The van der Waals surface area contributed by atoms with Crippen LogP contribution < -0.4 is 0 Å². The molecule has 1 aromatic carbocycles. The molecule has 0 spiro atoms. The van der Waals surface area contributed by atoms with Gasteiger partial charge in [0, 0.05) is 0 Å². The molecule has 4 nitrogen and oxygen atoms in total. The maximum absolute atomic E-state index is 12.4. The highest BCUT2D eigenvalue weighted by molar-refractivity contribution is 7.48. The third-order valence-electron chi connectivity index (χ3n) is 3.36. The van der Waals surface area contributed by atoms with Crippen LogP contribution in [-0.4, -0.2) is 11.2 Å². The molecule has 0 aromatic heterocycles. The van der Waals surface area contributed by atoms with Gasteiger partial charge in [0.1, 0.15) is 11.2 Å². The zero-order chi connectivity index (χ0) is 13.4. The van der Waals surface area contributed by atoms with Gasteiger partial charge in [-0.05, 0) is 33.3 Å². The third-order valence-corrected chi connectivity index (χ3v) is 5.17. The van der Waals surface area contributed by atoms with Crippen molar-refractivity contribution in [3.05, 3.63) is 35.9 Å².